The first kappa shape index (κ1) is 14.8. The van der Waals surface area contributed by atoms with Gasteiger partial charge in [-0.15, -0.1) is 0 Å². The topological polar surface area (TPSA) is 87.9 Å². The second-order valence-corrected chi connectivity index (χ2v) is 4.45. The molecule has 7 heteroatoms. The average molecular weight is 293 g/mol. The van der Waals surface area contributed by atoms with Crippen molar-refractivity contribution >= 4 is 12.0 Å². The van der Waals surface area contributed by atoms with Crippen molar-refractivity contribution in [1.29, 1.82) is 0 Å². The Morgan fingerprint density at radius 1 is 1.43 bits per heavy atom. The standard InChI is InChI=1S/C14H15NO6/c1-10(16)19-6-2-3-12(15(17)18)7-11-4-5-13-14(8-11)21-9-20-13/h4-5,7-8H,2-3,6,9H2,1H3/b12-7+. The Morgan fingerprint density at radius 3 is 2.90 bits per heavy atom. The lowest BCUT2D eigenvalue weighted by molar-refractivity contribution is -0.426. The minimum Gasteiger partial charge on any atom is -0.466 e. The molecule has 0 amide bonds. The number of allylic oxidation sites excluding steroid dienone is 1. The number of nitrogens with zero attached hydrogens (tertiary/aromatic N) is 1. The van der Waals surface area contributed by atoms with E-state index in [0.717, 1.165) is 0 Å². The quantitative estimate of drug-likeness (QED) is 0.346. The van der Waals surface area contributed by atoms with Gasteiger partial charge in [0.15, 0.2) is 11.5 Å². The van der Waals surface area contributed by atoms with E-state index in [0.29, 0.717) is 23.5 Å². The van der Waals surface area contributed by atoms with E-state index in [2.05, 4.69) is 0 Å². The van der Waals surface area contributed by atoms with Crippen LogP contribution in [0.1, 0.15) is 25.3 Å². The van der Waals surface area contributed by atoms with Gasteiger partial charge in [0.25, 0.3) is 0 Å². The molecule has 0 bridgehead atoms. The first-order chi connectivity index (χ1) is 10.1. The zero-order valence-corrected chi connectivity index (χ0v) is 11.5. The van der Waals surface area contributed by atoms with Gasteiger partial charge in [-0.25, -0.2) is 0 Å². The highest BCUT2D eigenvalue weighted by Crippen LogP contribution is 2.33. The van der Waals surface area contributed by atoms with Crippen LogP contribution in [0.5, 0.6) is 11.5 Å². The summed E-state index contributed by atoms with van der Waals surface area (Å²) in [5.74, 6) is 0.813. The van der Waals surface area contributed by atoms with E-state index in [1.54, 1.807) is 18.2 Å². The molecule has 1 aliphatic heterocycles. The van der Waals surface area contributed by atoms with Crippen LogP contribution in [-0.4, -0.2) is 24.3 Å². The summed E-state index contributed by atoms with van der Waals surface area (Å²) in [5, 5.41) is 11.0. The third-order valence-electron chi connectivity index (χ3n) is 2.85. The van der Waals surface area contributed by atoms with Crippen LogP contribution in [0, 0.1) is 10.1 Å². The number of hydrogen-bond acceptors (Lipinski definition) is 6. The number of rotatable bonds is 6. The average Bonchev–Trinajstić information content (AvgIpc) is 2.89. The van der Waals surface area contributed by atoms with Crippen LogP contribution in [0.25, 0.3) is 6.08 Å². The molecule has 0 saturated carbocycles. The normalized spacial score (nSPS) is 13.1. The van der Waals surface area contributed by atoms with Crippen LogP contribution in [0.3, 0.4) is 0 Å². The third kappa shape index (κ3) is 4.20. The Bertz CT molecular complexity index is 581. The van der Waals surface area contributed by atoms with Crippen LogP contribution in [-0.2, 0) is 9.53 Å². The molecule has 0 aliphatic carbocycles. The molecule has 0 saturated heterocycles. The molecule has 112 valence electrons. The number of carbonyl (C=O) groups excluding carboxylic acids is 1. The summed E-state index contributed by atoms with van der Waals surface area (Å²) in [7, 11) is 0. The molecule has 0 N–H and O–H groups in total. The highest BCUT2D eigenvalue weighted by molar-refractivity contribution is 5.65. The van der Waals surface area contributed by atoms with Crippen LogP contribution < -0.4 is 9.47 Å². The number of fused-ring (bicyclic) bond motifs is 1. The Morgan fingerprint density at radius 2 is 2.19 bits per heavy atom. The van der Waals surface area contributed by atoms with E-state index in [1.807, 2.05) is 0 Å². The number of nitro groups is 1. The third-order valence-corrected chi connectivity index (χ3v) is 2.85. The predicted molar refractivity (Wildman–Crippen MR) is 73.4 cm³/mol. The zero-order valence-electron chi connectivity index (χ0n) is 11.5. The molecule has 21 heavy (non-hydrogen) atoms. The maximum Gasteiger partial charge on any atom is 0.302 e. The summed E-state index contributed by atoms with van der Waals surface area (Å²) < 4.78 is 15.2. The number of carbonyl (C=O) groups is 1. The molecular formula is C14H15NO6. The monoisotopic (exact) mass is 293 g/mol. The van der Waals surface area contributed by atoms with E-state index in [-0.39, 0.29) is 25.5 Å². The summed E-state index contributed by atoms with van der Waals surface area (Å²) in [6.07, 6.45) is 2.10. The van der Waals surface area contributed by atoms with Gasteiger partial charge in [-0.2, -0.15) is 0 Å². The minimum absolute atomic E-state index is 0.0565. The summed E-state index contributed by atoms with van der Waals surface area (Å²) in [6.45, 7) is 1.63. The first-order valence-corrected chi connectivity index (χ1v) is 6.44. The lowest BCUT2D eigenvalue weighted by Crippen LogP contribution is -2.04. The molecule has 0 atom stereocenters. The molecule has 1 aliphatic rings. The van der Waals surface area contributed by atoms with E-state index in [9.17, 15) is 14.9 Å². The lowest BCUT2D eigenvalue weighted by Gasteiger charge is -2.02. The zero-order chi connectivity index (χ0) is 15.2. The Hall–Kier alpha value is -2.57. The highest BCUT2D eigenvalue weighted by Gasteiger charge is 2.15. The van der Waals surface area contributed by atoms with Gasteiger partial charge in [0.05, 0.1) is 11.5 Å². The second-order valence-electron chi connectivity index (χ2n) is 4.45. The van der Waals surface area contributed by atoms with Gasteiger partial charge in [-0.1, -0.05) is 6.07 Å². The molecule has 2 rings (SSSR count). The van der Waals surface area contributed by atoms with Crippen molar-refractivity contribution in [3.05, 3.63) is 39.6 Å². The lowest BCUT2D eigenvalue weighted by atomic mass is 10.1. The molecular weight excluding hydrogens is 278 g/mol. The number of hydrogen-bond donors (Lipinski definition) is 0. The van der Waals surface area contributed by atoms with Gasteiger partial charge in [0.2, 0.25) is 12.5 Å². The van der Waals surface area contributed by atoms with Gasteiger partial charge in [0.1, 0.15) is 0 Å². The fourth-order valence-electron chi connectivity index (χ4n) is 1.88. The second kappa shape index (κ2) is 6.74. The van der Waals surface area contributed by atoms with Gasteiger partial charge in [-0.3, -0.25) is 14.9 Å². The fraction of sp³-hybridized carbons (Fsp3) is 0.357. The molecule has 0 unspecified atom stereocenters. The van der Waals surface area contributed by atoms with Gasteiger partial charge >= 0.3 is 5.97 Å². The summed E-state index contributed by atoms with van der Waals surface area (Å²) >= 11 is 0. The maximum atomic E-state index is 11.0. The van der Waals surface area contributed by atoms with Crippen molar-refractivity contribution in [3.8, 4) is 11.5 Å². The van der Waals surface area contributed by atoms with Crippen molar-refractivity contribution in [2.45, 2.75) is 19.8 Å². The SMILES string of the molecule is CC(=O)OCCC/C(=C\c1ccc2c(c1)OCO2)[N+](=O)[O-]. The van der Waals surface area contributed by atoms with Crippen LogP contribution in [0.4, 0.5) is 0 Å². The van der Waals surface area contributed by atoms with Gasteiger partial charge in [-0.05, 0) is 24.1 Å². The van der Waals surface area contributed by atoms with Crippen LogP contribution in [0.2, 0.25) is 0 Å². The Labute approximate surface area is 121 Å². The van der Waals surface area contributed by atoms with Crippen LogP contribution >= 0.6 is 0 Å². The van der Waals surface area contributed by atoms with Crippen molar-refractivity contribution in [3.63, 3.8) is 0 Å². The first-order valence-electron chi connectivity index (χ1n) is 6.44. The number of benzene rings is 1. The molecule has 0 fully saturated rings. The number of ether oxygens (including phenoxy) is 3. The maximum absolute atomic E-state index is 11.0. The molecule has 1 aromatic carbocycles. The fourth-order valence-corrected chi connectivity index (χ4v) is 1.88. The molecule has 1 aromatic rings. The molecule has 1 heterocycles. The Kier molecular flexibility index (Phi) is 4.76. The minimum atomic E-state index is -0.432. The van der Waals surface area contributed by atoms with E-state index in [4.69, 9.17) is 14.2 Å². The summed E-state index contributed by atoms with van der Waals surface area (Å²) in [6, 6.07) is 5.13. The number of esters is 1. The van der Waals surface area contributed by atoms with E-state index < -0.39 is 10.9 Å². The van der Waals surface area contributed by atoms with E-state index >= 15 is 0 Å². The molecule has 0 spiro atoms. The van der Waals surface area contributed by atoms with Crippen LogP contribution in [0.15, 0.2) is 23.9 Å². The molecule has 0 radical (unpaired) electrons. The van der Waals surface area contributed by atoms with Crippen molar-refractivity contribution < 1.29 is 23.9 Å². The molecule has 0 aromatic heterocycles. The largest absolute Gasteiger partial charge is 0.466 e. The van der Waals surface area contributed by atoms with Crippen molar-refractivity contribution in [2.75, 3.05) is 13.4 Å². The van der Waals surface area contributed by atoms with Crippen molar-refractivity contribution in [2.24, 2.45) is 0 Å². The van der Waals surface area contributed by atoms with Crippen molar-refractivity contribution in [1.82, 2.24) is 0 Å². The van der Waals surface area contributed by atoms with E-state index in [1.165, 1.54) is 13.0 Å². The summed E-state index contributed by atoms with van der Waals surface area (Å²) in [5.41, 5.74) is 0.722. The molecule has 7 nitrogen and oxygen atoms in total. The highest BCUT2D eigenvalue weighted by atomic mass is 16.7. The smallest absolute Gasteiger partial charge is 0.302 e. The Balaban J connectivity index is 2.03. The van der Waals surface area contributed by atoms with Gasteiger partial charge in [0, 0.05) is 19.4 Å². The van der Waals surface area contributed by atoms with Gasteiger partial charge < -0.3 is 14.2 Å². The summed E-state index contributed by atoms with van der Waals surface area (Å²) in [4.78, 5) is 21.2. The predicted octanol–water partition coefficient (Wildman–Crippen LogP) is 2.38.